The second-order valence-electron chi connectivity index (χ2n) is 4.18. The van der Waals surface area contributed by atoms with Gasteiger partial charge in [-0.1, -0.05) is 12.1 Å². The topological polar surface area (TPSA) is 76.1 Å². The molecule has 0 aromatic heterocycles. The monoisotopic (exact) mass is 288 g/mol. The molecule has 0 aliphatic rings. The van der Waals surface area contributed by atoms with Crippen LogP contribution in [0.25, 0.3) is 0 Å². The number of ether oxygens (including phenoxy) is 1. The molecule has 1 amide bonds. The fourth-order valence-electron chi connectivity index (χ4n) is 1.71. The lowest BCUT2D eigenvalue weighted by Gasteiger charge is -2.09. The Morgan fingerprint density at radius 1 is 1.24 bits per heavy atom. The highest BCUT2D eigenvalue weighted by molar-refractivity contribution is 5.92. The quantitative estimate of drug-likeness (QED) is 0.939. The largest absolute Gasteiger partial charge is 0.487 e. The number of rotatable bonds is 4. The number of amides is 1. The van der Waals surface area contributed by atoms with E-state index >= 15 is 0 Å². The molecule has 2 N–H and O–H groups in total. The lowest BCUT2D eigenvalue weighted by Crippen LogP contribution is -2.12. The van der Waals surface area contributed by atoms with E-state index in [1.807, 2.05) is 0 Å². The molecule has 2 rings (SSSR count). The Morgan fingerprint density at radius 3 is 2.62 bits per heavy atom. The van der Waals surface area contributed by atoms with Crippen LogP contribution < -0.4 is 10.5 Å². The summed E-state index contributed by atoms with van der Waals surface area (Å²) < 4.78 is 32.4. The summed E-state index contributed by atoms with van der Waals surface area (Å²) in [6.45, 7) is -0.205. The first kappa shape index (κ1) is 14.5. The van der Waals surface area contributed by atoms with Crippen LogP contribution in [0.15, 0.2) is 36.4 Å². The van der Waals surface area contributed by atoms with E-state index in [-0.39, 0.29) is 29.0 Å². The van der Waals surface area contributed by atoms with Crippen LogP contribution in [0, 0.1) is 23.0 Å². The van der Waals surface area contributed by atoms with Gasteiger partial charge in [0.15, 0.2) is 0 Å². The maximum atomic E-state index is 13.7. The molecule has 0 aliphatic carbocycles. The standard InChI is InChI=1S/C15H10F2N2O2/c16-12-2-1-3-14(11(12)7-18)21-8-10-5-4-9(15(19)20)6-13(10)17/h1-6H,8H2,(H2,19,20). The second kappa shape index (κ2) is 6.01. The summed E-state index contributed by atoms with van der Waals surface area (Å²) in [5.74, 6) is -2.09. The number of halogens is 2. The van der Waals surface area contributed by atoms with Crippen molar-refractivity contribution in [3.05, 3.63) is 64.7 Å². The molecule has 0 atom stereocenters. The van der Waals surface area contributed by atoms with Crippen molar-refractivity contribution < 1.29 is 18.3 Å². The lowest BCUT2D eigenvalue weighted by atomic mass is 10.1. The molecule has 0 unspecified atom stereocenters. The van der Waals surface area contributed by atoms with Crippen LogP contribution in [-0.2, 0) is 6.61 Å². The molecule has 4 nitrogen and oxygen atoms in total. The Morgan fingerprint density at radius 2 is 2.00 bits per heavy atom. The zero-order chi connectivity index (χ0) is 15.4. The molecule has 0 spiro atoms. The Hall–Kier alpha value is -2.94. The van der Waals surface area contributed by atoms with Crippen molar-refractivity contribution in [1.82, 2.24) is 0 Å². The zero-order valence-corrected chi connectivity index (χ0v) is 10.8. The van der Waals surface area contributed by atoms with Crippen LogP contribution in [0.2, 0.25) is 0 Å². The van der Waals surface area contributed by atoms with Crippen molar-refractivity contribution >= 4 is 5.91 Å². The Bertz CT molecular complexity index is 739. The van der Waals surface area contributed by atoms with E-state index in [0.717, 1.165) is 12.1 Å². The van der Waals surface area contributed by atoms with E-state index in [9.17, 15) is 13.6 Å². The smallest absolute Gasteiger partial charge is 0.248 e. The van der Waals surface area contributed by atoms with E-state index in [4.69, 9.17) is 15.7 Å². The van der Waals surface area contributed by atoms with Gasteiger partial charge in [-0.2, -0.15) is 5.26 Å². The van der Waals surface area contributed by atoms with Gasteiger partial charge >= 0.3 is 0 Å². The van der Waals surface area contributed by atoms with E-state index in [2.05, 4.69) is 0 Å². The maximum absolute atomic E-state index is 13.7. The molecule has 6 heteroatoms. The van der Waals surface area contributed by atoms with Gasteiger partial charge in [-0.3, -0.25) is 4.79 Å². The van der Waals surface area contributed by atoms with Crippen molar-refractivity contribution in [2.24, 2.45) is 5.73 Å². The summed E-state index contributed by atoms with van der Waals surface area (Å²) in [5.41, 5.74) is 5.00. The number of carbonyl (C=O) groups is 1. The molecular weight excluding hydrogens is 278 g/mol. The van der Waals surface area contributed by atoms with E-state index < -0.39 is 17.5 Å². The Labute approximate surface area is 119 Å². The predicted octanol–water partition coefficient (Wildman–Crippen LogP) is 2.51. The average Bonchev–Trinajstić information content (AvgIpc) is 2.45. The summed E-state index contributed by atoms with van der Waals surface area (Å²) in [7, 11) is 0. The maximum Gasteiger partial charge on any atom is 0.248 e. The van der Waals surface area contributed by atoms with Crippen LogP contribution in [-0.4, -0.2) is 5.91 Å². The minimum atomic E-state index is -0.738. The minimum absolute atomic E-state index is 0.0240. The van der Waals surface area contributed by atoms with Crippen molar-refractivity contribution in [3.8, 4) is 11.8 Å². The first-order valence-electron chi connectivity index (χ1n) is 5.92. The van der Waals surface area contributed by atoms with Gasteiger partial charge in [0.2, 0.25) is 5.91 Å². The molecule has 21 heavy (non-hydrogen) atoms. The molecule has 2 aromatic carbocycles. The Balaban J connectivity index is 2.20. The van der Waals surface area contributed by atoms with Crippen LogP contribution >= 0.6 is 0 Å². The number of carbonyl (C=O) groups excluding carboxylic acids is 1. The molecule has 0 heterocycles. The number of benzene rings is 2. The molecule has 106 valence electrons. The van der Waals surface area contributed by atoms with Crippen LogP contribution in [0.4, 0.5) is 8.78 Å². The van der Waals surface area contributed by atoms with Gasteiger partial charge < -0.3 is 10.5 Å². The number of nitrogens with zero attached hydrogens (tertiary/aromatic N) is 1. The van der Waals surface area contributed by atoms with Crippen molar-refractivity contribution in [3.63, 3.8) is 0 Å². The van der Waals surface area contributed by atoms with Crippen molar-refractivity contribution in [2.45, 2.75) is 6.61 Å². The van der Waals surface area contributed by atoms with Gasteiger partial charge in [-0.15, -0.1) is 0 Å². The number of hydrogen-bond donors (Lipinski definition) is 1. The van der Waals surface area contributed by atoms with E-state index in [1.54, 1.807) is 6.07 Å². The second-order valence-corrected chi connectivity index (χ2v) is 4.18. The summed E-state index contributed by atoms with van der Waals surface area (Å²) in [5, 5.41) is 8.85. The fraction of sp³-hybridized carbons (Fsp3) is 0.0667. The first-order valence-corrected chi connectivity index (χ1v) is 5.92. The van der Waals surface area contributed by atoms with Crippen molar-refractivity contribution in [1.29, 1.82) is 5.26 Å². The SMILES string of the molecule is N#Cc1c(F)cccc1OCc1ccc(C(N)=O)cc1F. The molecule has 0 fully saturated rings. The van der Waals surface area contributed by atoms with Crippen LogP contribution in [0.1, 0.15) is 21.5 Å². The number of hydrogen-bond acceptors (Lipinski definition) is 3. The molecular formula is C15H10F2N2O2. The third kappa shape index (κ3) is 3.15. The van der Waals surface area contributed by atoms with Crippen molar-refractivity contribution in [2.75, 3.05) is 0 Å². The normalized spacial score (nSPS) is 9.95. The van der Waals surface area contributed by atoms with E-state index in [0.29, 0.717) is 0 Å². The highest BCUT2D eigenvalue weighted by Crippen LogP contribution is 2.22. The highest BCUT2D eigenvalue weighted by Gasteiger charge is 2.11. The summed E-state index contributed by atoms with van der Waals surface area (Å²) in [4.78, 5) is 10.9. The van der Waals surface area contributed by atoms with Gasteiger partial charge in [0.1, 0.15) is 35.6 Å². The highest BCUT2D eigenvalue weighted by atomic mass is 19.1. The van der Waals surface area contributed by atoms with Gasteiger partial charge in [0.05, 0.1) is 0 Å². The molecule has 0 saturated carbocycles. The number of primary amides is 1. The third-order valence-electron chi connectivity index (χ3n) is 2.81. The predicted molar refractivity (Wildman–Crippen MR) is 70.4 cm³/mol. The van der Waals surface area contributed by atoms with Gasteiger partial charge in [0, 0.05) is 11.1 Å². The summed E-state index contributed by atoms with van der Waals surface area (Å²) >= 11 is 0. The van der Waals surface area contributed by atoms with Gasteiger partial charge in [0.25, 0.3) is 0 Å². The van der Waals surface area contributed by atoms with Crippen LogP contribution in [0.3, 0.4) is 0 Å². The Kier molecular flexibility index (Phi) is 4.14. The summed E-state index contributed by atoms with van der Waals surface area (Å²) in [6, 6.07) is 9.33. The van der Waals surface area contributed by atoms with Crippen LogP contribution in [0.5, 0.6) is 5.75 Å². The lowest BCUT2D eigenvalue weighted by molar-refractivity contribution is 0.0999. The molecule has 2 aromatic rings. The molecule has 0 aliphatic heterocycles. The fourth-order valence-corrected chi connectivity index (χ4v) is 1.71. The molecule has 0 saturated heterocycles. The zero-order valence-electron chi connectivity index (χ0n) is 10.8. The molecule has 0 bridgehead atoms. The number of nitrogens with two attached hydrogens (primary N) is 1. The summed E-state index contributed by atoms with van der Waals surface area (Å²) in [6.07, 6.45) is 0. The third-order valence-corrected chi connectivity index (χ3v) is 2.81. The number of nitriles is 1. The average molecular weight is 288 g/mol. The minimum Gasteiger partial charge on any atom is -0.487 e. The van der Waals surface area contributed by atoms with Gasteiger partial charge in [-0.05, 0) is 24.3 Å². The molecule has 0 radical (unpaired) electrons. The van der Waals surface area contributed by atoms with Gasteiger partial charge in [-0.25, -0.2) is 8.78 Å². The van der Waals surface area contributed by atoms with E-state index in [1.165, 1.54) is 24.3 Å². The first-order chi connectivity index (χ1) is 10.0.